The minimum absolute atomic E-state index is 0.00282. The smallest absolute Gasteiger partial charge is 0.308 e. The summed E-state index contributed by atoms with van der Waals surface area (Å²) in [5.41, 5.74) is 0. The molecule has 1 atom stereocenters. The second kappa shape index (κ2) is 7.37. The van der Waals surface area contributed by atoms with Crippen LogP contribution < -0.4 is 0 Å². The first-order valence-corrected chi connectivity index (χ1v) is 7.54. The van der Waals surface area contributed by atoms with Crippen molar-refractivity contribution in [1.82, 2.24) is 0 Å². The molecule has 0 fully saturated rings. The molecular weight excluding hydrogens is 284 g/mol. The summed E-state index contributed by atoms with van der Waals surface area (Å²) in [6.45, 7) is 2.87. The summed E-state index contributed by atoms with van der Waals surface area (Å²) in [5.74, 6) is -0.604. The van der Waals surface area contributed by atoms with Crippen LogP contribution in [0.25, 0.3) is 0 Å². The number of ether oxygens (including phenoxy) is 1. The van der Waals surface area contributed by atoms with E-state index in [9.17, 15) is 18.3 Å². The molecule has 1 aromatic carbocycles. The van der Waals surface area contributed by atoms with Gasteiger partial charge in [-0.2, -0.15) is 8.42 Å². The van der Waals surface area contributed by atoms with E-state index in [0.29, 0.717) is 0 Å². The molecule has 7 heteroatoms. The van der Waals surface area contributed by atoms with Gasteiger partial charge in [0.05, 0.1) is 30.1 Å². The van der Waals surface area contributed by atoms with E-state index < -0.39 is 28.8 Å². The van der Waals surface area contributed by atoms with Crippen LogP contribution in [0.2, 0.25) is 0 Å². The zero-order chi connectivity index (χ0) is 15.2. The van der Waals surface area contributed by atoms with Crippen molar-refractivity contribution in [2.45, 2.75) is 37.4 Å². The van der Waals surface area contributed by atoms with Crippen molar-refractivity contribution in [3.63, 3.8) is 0 Å². The van der Waals surface area contributed by atoms with Gasteiger partial charge >= 0.3 is 5.97 Å². The van der Waals surface area contributed by atoms with Crippen LogP contribution in [0.3, 0.4) is 0 Å². The van der Waals surface area contributed by atoms with Crippen LogP contribution in [0.4, 0.5) is 0 Å². The Morgan fingerprint density at radius 1 is 1.25 bits per heavy atom. The molecule has 0 aliphatic rings. The van der Waals surface area contributed by atoms with Gasteiger partial charge in [0, 0.05) is 0 Å². The molecular formula is C13H18O6S. The molecule has 0 aromatic heterocycles. The number of carbonyl (C=O) groups is 1. The van der Waals surface area contributed by atoms with E-state index in [-0.39, 0.29) is 17.4 Å². The van der Waals surface area contributed by atoms with Crippen molar-refractivity contribution in [1.29, 1.82) is 0 Å². The first-order chi connectivity index (χ1) is 9.31. The van der Waals surface area contributed by atoms with Gasteiger partial charge in [-0.15, -0.1) is 0 Å². The van der Waals surface area contributed by atoms with Gasteiger partial charge in [-0.3, -0.25) is 8.98 Å². The van der Waals surface area contributed by atoms with Gasteiger partial charge in [0.1, 0.15) is 0 Å². The van der Waals surface area contributed by atoms with Crippen molar-refractivity contribution < 1.29 is 27.2 Å². The molecule has 1 unspecified atom stereocenters. The molecule has 0 saturated carbocycles. The van der Waals surface area contributed by atoms with Gasteiger partial charge in [0.15, 0.2) is 0 Å². The third kappa shape index (κ3) is 5.68. The molecule has 0 aliphatic heterocycles. The molecule has 1 N–H and O–H groups in total. The topological polar surface area (TPSA) is 89.9 Å². The number of benzene rings is 1. The number of aliphatic hydroxyl groups excluding tert-OH is 1. The molecule has 20 heavy (non-hydrogen) atoms. The van der Waals surface area contributed by atoms with E-state index >= 15 is 0 Å². The van der Waals surface area contributed by atoms with Crippen LogP contribution >= 0.6 is 0 Å². The van der Waals surface area contributed by atoms with E-state index in [2.05, 4.69) is 0 Å². The van der Waals surface area contributed by atoms with Gasteiger partial charge in [-0.1, -0.05) is 18.2 Å². The number of carbonyl (C=O) groups excluding carboxylic acids is 1. The molecule has 0 spiro atoms. The molecule has 0 bridgehead atoms. The largest absolute Gasteiger partial charge is 0.463 e. The fourth-order valence-corrected chi connectivity index (χ4v) is 2.35. The molecule has 1 aromatic rings. The van der Waals surface area contributed by atoms with Gasteiger partial charge in [0.2, 0.25) is 0 Å². The van der Waals surface area contributed by atoms with Crippen molar-refractivity contribution in [2.75, 3.05) is 6.61 Å². The van der Waals surface area contributed by atoms with Gasteiger partial charge in [-0.05, 0) is 26.0 Å². The summed E-state index contributed by atoms with van der Waals surface area (Å²) in [7, 11) is -3.93. The van der Waals surface area contributed by atoms with E-state index in [1.807, 2.05) is 0 Å². The number of esters is 1. The highest BCUT2D eigenvalue weighted by atomic mass is 32.2. The first-order valence-electron chi connectivity index (χ1n) is 6.13. The third-order valence-corrected chi connectivity index (χ3v) is 3.51. The van der Waals surface area contributed by atoms with Gasteiger partial charge in [-0.25, -0.2) is 0 Å². The standard InChI is InChI=1S/C13H18O6S/c1-10(2)19-13(15)8-11(14)9-18-20(16,17)12-6-4-3-5-7-12/h3-7,10-11,14H,8-9H2,1-2H3. The molecule has 0 saturated heterocycles. The second-order valence-corrected chi connectivity index (χ2v) is 6.06. The lowest BCUT2D eigenvalue weighted by atomic mass is 10.3. The summed E-state index contributed by atoms with van der Waals surface area (Å²) in [4.78, 5) is 11.3. The summed E-state index contributed by atoms with van der Waals surface area (Å²) in [6.07, 6.45) is -1.84. The Morgan fingerprint density at radius 3 is 2.40 bits per heavy atom. The van der Waals surface area contributed by atoms with Crippen LogP contribution in [0.5, 0.6) is 0 Å². The Morgan fingerprint density at radius 2 is 1.85 bits per heavy atom. The van der Waals surface area contributed by atoms with Crippen LogP contribution in [-0.4, -0.2) is 38.3 Å². The summed E-state index contributed by atoms with van der Waals surface area (Å²) in [6, 6.07) is 7.57. The van der Waals surface area contributed by atoms with E-state index in [1.165, 1.54) is 12.1 Å². The third-order valence-electron chi connectivity index (χ3n) is 2.22. The molecule has 0 heterocycles. The van der Waals surface area contributed by atoms with Crippen molar-refractivity contribution in [3.8, 4) is 0 Å². The lowest BCUT2D eigenvalue weighted by molar-refractivity contribution is -0.150. The Kier molecular flexibility index (Phi) is 6.12. The Labute approximate surface area is 118 Å². The number of rotatable bonds is 7. The second-order valence-electron chi connectivity index (χ2n) is 4.45. The monoisotopic (exact) mass is 302 g/mol. The van der Waals surface area contributed by atoms with Crippen LogP contribution in [0, 0.1) is 0 Å². The Balaban J connectivity index is 2.49. The Bertz CT molecular complexity index is 523. The van der Waals surface area contributed by atoms with Crippen molar-refractivity contribution in [3.05, 3.63) is 30.3 Å². The van der Waals surface area contributed by atoms with Crippen molar-refractivity contribution in [2.24, 2.45) is 0 Å². The highest BCUT2D eigenvalue weighted by molar-refractivity contribution is 7.86. The van der Waals surface area contributed by atoms with E-state index in [4.69, 9.17) is 8.92 Å². The highest BCUT2D eigenvalue weighted by Gasteiger charge is 2.19. The van der Waals surface area contributed by atoms with Crippen LogP contribution in [-0.2, 0) is 23.8 Å². The van der Waals surface area contributed by atoms with Gasteiger partial charge in [0.25, 0.3) is 10.1 Å². The fraction of sp³-hybridized carbons (Fsp3) is 0.462. The van der Waals surface area contributed by atoms with Gasteiger partial charge < -0.3 is 9.84 Å². The summed E-state index contributed by atoms with van der Waals surface area (Å²) < 4.78 is 33.0. The molecule has 6 nitrogen and oxygen atoms in total. The molecule has 0 amide bonds. The fourth-order valence-electron chi connectivity index (χ4n) is 1.39. The minimum atomic E-state index is -3.93. The SMILES string of the molecule is CC(C)OC(=O)CC(O)COS(=O)(=O)c1ccccc1. The average Bonchev–Trinajstić information content (AvgIpc) is 2.36. The quantitative estimate of drug-likeness (QED) is 0.599. The predicted molar refractivity (Wildman–Crippen MR) is 71.4 cm³/mol. The highest BCUT2D eigenvalue weighted by Crippen LogP contribution is 2.12. The summed E-state index contributed by atoms with van der Waals surface area (Å²) in [5, 5.41) is 9.55. The maximum absolute atomic E-state index is 11.8. The molecule has 0 radical (unpaired) electrons. The maximum atomic E-state index is 11.8. The van der Waals surface area contributed by atoms with E-state index in [0.717, 1.165) is 0 Å². The predicted octanol–water partition coefficient (Wildman–Crippen LogP) is 1.09. The number of aliphatic hydroxyl groups is 1. The number of hydrogen-bond acceptors (Lipinski definition) is 6. The molecule has 1 rings (SSSR count). The number of hydrogen-bond donors (Lipinski definition) is 1. The lowest BCUT2D eigenvalue weighted by Gasteiger charge is -2.12. The zero-order valence-corrected chi connectivity index (χ0v) is 12.2. The van der Waals surface area contributed by atoms with E-state index in [1.54, 1.807) is 32.0 Å². The molecule has 0 aliphatic carbocycles. The van der Waals surface area contributed by atoms with Crippen LogP contribution in [0.1, 0.15) is 20.3 Å². The minimum Gasteiger partial charge on any atom is -0.463 e. The van der Waals surface area contributed by atoms with Crippen molar-refractivity contribution >= 4 is 16.1 Å². The Hall–Kier alpha value is -1.44. The van der Waals surface area contributed by atoms with Crippen LogP contribution in [0.15, 0.2) is 35.2 Å². The maximum Gasteiger partial charge on any atom is 0.308 e. The zero-order valence-electron chi connectivity index (χ0n) is 11.4. The normalized spacial score (nSPS) is 13.2. The lowest BCUT2D eigenvalue weighted by Crippen LogP contribution is -2.24. The first kappa shape index (κ1) is 16.6. The average molecular weight is 302 g/mol. The molecule has 112 valence electrons. The summed E-state index contributed by atoms with van der Waals surface area (Å²) >= 11 is 0.